The first kappa shape index (κ1) is 4.28. The summed E-state index contributed by atoms with van der Waals surface area (Å²) >= 11 is 0. The lowest BCUT2D eigenvalue weighted by molar-refractivity contribution is -0.143. The molecule has 0 aromatic rings. The molecule has 0 aliphatic rings. The van der Waals surface area contributed by atoms with Gasteiger partial charge in [0.05, 0.1) is 9.30 Å². The van der Waals surface area contributed by atoms with Crippen molar-refractivity contribution in [2.75, 3.05) is 13.2 Å². The summed E-state index contributed by atoms with van der Waals surface area (Å²) < 4.78 is 24.8. The van der Waals surface area contributed by atoms with Crippen LogP contribution in [0.5, 0.6) is 0 Å². The van der Waals surface area contributed by atoms with Gasteiger partial charge in [-0.25, -0.2) is 0 Å². The van der Waals surface area contributed by atoms with E-state index in [0.717, 1.165) is 0 Å². The third kappa shape index (κ3) is 5.30. The molecule has 0 aromatic heterocycles. The van der Waals surface area contributed by atoms with E-state index >= 15 is 0 Å². The quantitative estimate of drug-likeness (QED) is 0.565. The molecule has 0 fully saturated rings. The molecular formula is C6H12O3. The second kappa shape index (κ2) is 5.56. The molecule has 0 heterocycles. The predicted octanol–water partition coefficient (Wildman–Crippen LogP) is 0.322. The molecule has 54 valence electrons. The lowest BCUT2D eigenvalue weighted by Crippen LogP contribution is -2.03. The van der Waals surface area contributed by atoms with Gasteiger partial charge in [0.2, 0.25) is 0 Å². The van der Waals surface area contributed by atoms with Gasteiger partial charge < -0.3 is 9.84 Å². The molecule has 9 heavy (non-hydrogen) atoms. The number of hydrogen-bond acceptors (Lipinski definition) is 3. The summed E-state index contributed by atoms with van der Waals surface area (Å²) in [4.78, 5) is 10.7. The number of carbonyl (C=O) groups is 1. The molecule has 0 aliphatic heterocycles. The maximum Gasteiger partial charge on any atom is 0.305 e. The van der Waals surface area contributed by atoms with Gasteiger partial charge in [-0.05, 0) is 13.3 Å². The Hall–Kier alpha value is -0.570. The number of carbonyl (C=O) groups excluding carboxylic acids is 1. The van der Waals surface area contributed by atoms with Crippen LogP contribution in [0.3, 0.4) is 0 Å². The maximum absolute atomic E-state index is 10.7. The van der Waals surface area contributed by atoms with Crippen LogP contribution in [0.4, 0.5) is 0 Å². The van der Waals surface area contributed by atoms with Gasteiger partial charge in [-0.1, -0.05) is 0 Å². The molecule has 0 aromatic carbocycles. The van der Waals surface area contributed by atoms with Gasteiger partial charge in [-0.15, -0.1) is 0 Å². The normalized spacial score (nSPS) is 15.4. The first-order valence-corrected chi connectivity index (χ1v) is 2.64. The van der Waals surface area contributed by atoms with Gasteiger partial charge in [0.1, 0.15) is 0 Å². The Kier molecular flexibility index (Phi) is 2.65. The second-order valence-corrected chi connectivity index (χ2v) is 1.45. The standard InChI is InChI=1S/C6H12O3/c1-2-9-6(8)4-3-5-7/h7H,2-5H2,1H3/i1D,2D2. The van der Waals surface area contributed by atoms with Gasteiger partial charge >= 0.3 is 5.97 Å². The first-order valence-electron chi connectivity index (χ1n) is 4.34. The Morgan fingerprint density at radius 1 is 2.00 bits per heavy atom. The van der Waals surface area contributed by atoms with Crippen molar-refractivity contribution in [3.05, 3.63) is 0 Å². The molecule has 1 N–H and O–H groups in total. The van der Waals surface area contributed by atoms with E-state index < -0.39 is 19.4 Å². The number of ether oxygens (including phenoxy) is 1. The number of aliphatic hydroxyl groups is 1. The van der Waals surface area contributed by atoms with Gasteiger partial charge in [-0.3, -0.25) is 4.79 Å². The van der Waals surface area contributed by atoms with Crippen LogP contribution in [0.1, 0.15) is 23.9 Å². The predicted molar refractivity (Wildman–Crippen MR) is 33.0 cm³/mol. The minimum atomic E-state index is -2.20. The fourth-order valence-corrected chi connectivity index (χ4v) is 0.355. The highest BCUT2D eigenvalue weighted by Crippen LogP contribution is 1.89. The van der Waals surface area contributed by atoms with Crippen molar-refractivity contribution in [2.24, 2.45) is 0 Å². The Morgan fingerprint density at radius 2 is 2.78 bits per heavy atom. The van der Waals surface area contributed by atoms with Crippen LogP contribution in [0.25, 0.3) is 0 Å². The summed E-state index contributed by atoms with van der Waals surface area (Å²) in [6.45, 7) is -2.94. The van der Waals surface area contributed by atoms with Gasteiger partial charge in [0.25, 0.3) is 0 Å². The van der Waals surface area contributed by atoms with Crippen LogP contribution in [0.15, 0.2) is 0 Å². The smallest absolute Gasteiger partial charge is 0.305 e. The molecule has 0 atom stereocenters. The maximum atomic E-state index is 10.7. The Balaban J connectivity index is 3.68. The number of rotatable bonds is 4. The van der Waals surface area contributed by atoms with Gasteiger partial charge in [-0.2, -0.15) is 0 Å². The highest BCUT2D eigenvalue weighted by Gasteiger charge is 1.97. The summed E-state index contributed by atoms with van der Waals surface area (Å²) in [5.41, 5.74) is 0. The third-order valence-electron chi connectivity index (χ3n) is 0.725. The van der Waals surface area contributed by atoms with Crippen molar-refractivity contribution in [1.82, 2.24) is 0 Å². The van der Waals surface area contributed by atoms with Crippen LogP contribution >= 0.6 is 0 Å². The monoisotopic (exact) mass is 135 g/mol. The zero-order chi connectivity index (χ0) is 9.61. The molecular weight excluding hydrogens is 120 g/mol. The Morgan fingerprint density at radius 3 is 3.33 bits per heavy atom. The van der Waals surface area contributed by atoms with E-state index in [2.05, 4.69) is 4.74 Å². The molecule has 0 saturated heterocycles. The largest absolute Gasteiger partial charge is 0.466 e. The van der Waals surface area contributed by atoms with Crippen molar-refractivity contribution in [3.63, 3.8) is 0 Å². The number of aliphatic hydroxyl groups excluding tert-OH is 1. The van der Waals surface area contributed by atoms with Crippen LogP contribution < -0.4 is 0 Å². The van der Waals surface area contributed by atoms with E-state index in [4.69, 9.17) is 9.22 Å². The summed E-state index contributed by atoms with van der Waals surface area (Å²) in [5, 5.41) is 8.33. The van der Waals surface area contributed by atoms with E-state index in [0.29, 0.717) is 0 Å². The minimum Gasteiger partial charge on any atom is -0.466 e. The molecule has 0 saturated carbocycles. The van der Waals surface area contributed by atoms with E-state index in [1.165, 1.54) is 0 Å². The SMILES string of the molecule is [2H]CC([2H])([2H])OC(=O)CCCO. The fourth-order valence-electron chi connectivity index (χ4n) is 0.355. The summed E-state index contributed by atoms with van der Waals surface area (Å²) in [6.07, 6.45) is 0.239. The van der Waals surface area contributed by atoms with E-state index in [1.54, 1.807) is 0 Å². The minimum absolute atomic E-state index is 0.0178. The molecule has 0 bridgehead atoms. The molecule has 3 heteroatoms. The molecule has 0 rings (SSSR count). The van der Waals surface area contributed by atoms with Crippen molar-refractivity contribution < 1.29 is 18.8 Å². The summed E-state index contributed by atoms with van der Waals surface area (Å²) in [7, 11) is 0. The lowest BCUT2D eigenvalue weighted by Gasteiger charge is -1.97. The topological polar surface area (TPSA) is 46.5 Å². The van der Waals surface area contributed by atoms with Gasteiger partial charge in [0.15, 0.2) is 0 Å². The van der Waals surface area contributed by atoms with E-state index in [9.17, 15) is 4.79 Å². The van der Waals surface area contributed by atoms with Crippen molar-refractivity contribution in [3.8, 4) is 0 Å². The molecule has 0 spiro atoms. The molecule has 3 nitrogen and oxygen atoms in total. The zero-order valence-corrected chi connectivity index (χ0v) is 5.09. The molecule has 0 aliphatic carbocycles. The van der Waals surface area contributed by atoms with Crippen LogP contribution in [0, 0.1) is 0 Å². The number of esters is 1. The second-order valence-electron chi connectivity index (χ2n) is 1.45. The number of hydrogen-bond donors (Lipinski definition) is 1. The molecule has 0 amide bonds. The highest BCUT2D eigenvalue weighted by molar-refractivity contribution is 5.69. The van der Waals surface area contributed by atoms with Crippen LogP contribution in [-0.2, 0) is 9.53 Å². The average molecular weight is 135 g/mol. The first-order chi connectivity index (χ1) is 5.52. The fraction of sp³-hybridized carbons (Fsp3) is 0.833. The van der Waals surface area contributed by atoms with Crippen molar-refractivity contribution >= 4 is 5.97 Å². The molecule has 0 unspecified atom stereocenters. The third-order valence-corrected chi connectivity index (χ3v) is 0.725. The van der Waals surface area contributed by atoms with Gasteiger partial charge in [0, 0.05) is 14.4 Å². The average Bonchev–Trinajstić information content (AvgIpc) is 2.00. The van der Waals surface area contributed by atoms with E-state index in [-0.39, 0.29) is 19.4 Å². The lowest BCUT2D eigenvalue weighted by atomic mass is 10.3. The summed E-state index contributed by atoms with van der Waals surface area (Å²) in [5.74, 6) is -0.721. The highest BCUT2D eigenvalue weighted by atomic mass is 16.5. The van der Waals surface area contributed by atoms with Crippen molar-refractivity contribution in [1.29, 1.82) is 0 Å². The molecule has 0 radical (unpaired) electrons. The Labute approximate surface area is 58.8 Å². The van der Waals surface area contributed by atoms with Crippen LogP contribution in [-0.4, -0.2) is 24.2 Å². The Bertz CT molecular complexity index is 149. The summed E-state index contributed by atoms with van der Waals surface area (Å²) in [6, 6.07) is 0. The van der Waals surface area contributed by atoms with Crippen LogP contribution in [0.2, 0.25) is 0 Å². The van der Waals surface area contributed by atoms with E-state index in [1.807, 2.05) is 0 Å². The zero-order valence-electron chi connectivity index (χ0n) is 8.09. The van der Waals surface area contributed by atoms with Crippen molar-refractivity contribution in [2.45, 2.75) is 19.7 Å².